The molecule has 2 unspecified atom stereocenters. The molecule has 0 aliphatic heterocycles. The Kier molecular flexibility index (Phi) is 4.01. The van der Waals surface area contributed by atoms with Gasteiger partial charge in [0.15, 0.2) is 11.9 Å². The van der Waals surface area contributed by atoms with Crippen molar-refractivity contribution in [2.45, 2.75) is 33.3 Å². The molecule has 0 radical (unpaired) electrons. The van der Waals surface area contributed by atoms with Crippen LogP contribution in [0, 0.1) is 11.3 Å². The normalized spacial score (nSPS) is 22.2. The van der Waals surface area contributed by atoms with Gasteiger partial charge < -0.3 is 20.1 Å². The van der Waals surface area contributed by atoms with Crippen LogP contribution < -0.4 is 0 Å². The Morgan fingerprint density at radius 3 is 2.39 bits per heavy atom. The van der Waals surface area contributed by atoms with Crippen molar-refractivity contribution in [3.05, 3.63) is 11.5 Å². The fraction of sp³-hybridized carbons (Fsp3) is 0.667. The third-order valence-electron chi connectivity index (χ3n) is 2.53. The van der Waals surface area contributed by atoms with Gasteiger partial charge >= 0.3 is 5.97 Å². The van der Waals surface area contributed by atoms with Crippen molar-refractivity contribution >= 4 is 11.8 Å². The van der Waals surface area contributed by atoms with Gasteiger partial charge in [0.05, 0.1) is 12.5 Å². The first-order valence-corrected chi connectivity index (χ1v) is 5.63. The zero-order valence-electron chi connectivity index (χ0n) is 10.6. The molecular formula is C12H18O6. The molecule has 0 aromatic heterocycles. The molecule has 2 atom stereocenters. The van der Waals surface area contributed by atoms with Crippen molar-refractivity contribution in [2.75, 3.05) is 6.61 Å². The largest absolute Gasteiger partial charge is 0.508 e. The third-order valence-corrected chi connectivity index (χ3v) is 2.53. The molecule has 3 N–H and O–H groups in total. The highest BCUT2D eigenvalue weighted by atomic mass is 16.5. The first-order valence-electron chi connectivity index (χ1n) is 5.63. The Bertz CT molecular complexity index is 390. The summed E-state index contributed by atoms with van der Waals surface area (Å²) < 4.78 is 4.88. The van der Waals surface area contributed by atoms with Crippen LogP contribution in [0.2, 0.25) is 0 Å². The summed E-state index contributed by atoms with van der Waals surface area (Å²) in [4.78, 5) is 22.6. The number of Topliss-reactive ketones (excluding diaryl/α,β-unsaturated/α-hetero) is 1. The molecule has 6 nitrogen and oxygen atoms in total. The molecule has 1 aliphatic rings. The van der Waals surface area contributed by atoms with Gasteiger partial charge in [-0.1, -0.05) is 20.8 Å². The molecule has 1 aliphatic carbocycles. The molecule has 0 aromatic carbocycles. The summed E-state index contributed by atoms with van der Waals surface area (Å²) in [6.07, 6.45) is -1.95. The van der Waals surface area contributed by atoms with E-state index in [9.17, 15) is 19.8 Å². The number of rotatable bonds is 3. The molecule has 0 spiro atoms. The predicted octanol–water partition coefficient (Wildman–Crippen LogP) is 0.853. The molecule has 102 valence electrons. The lowest BCUT2D eigenvalue weighted by Gasteiger charge is -2.21. The van der Waals surface area contributed by atoms with E-state index in [1.165, 1.54) is 0 Å². The number of esters is 1. The van der Waals surface area contributed by atoms with Gasteiger partial charge in [0, 0.05) is 6.42 Å². The van der Waals surface area contributed by atoms with Crippen LogP contribution in [0.15, 0.2) is 11.5 Å². The van der Waals surface area contributed by atoms with E-state index >= 15 is 0 Å². The van der Waals surface area contributed by atoms with Crippen molar-refractivity contribution < 1.29 is 29.6 Å². The average Bonchev–Trinajstić information content (AvgIpc) is 2.52. The predicted molar refractivity (Wildman–Crippen MR) is 61.8 cm³/mol. The number of ether oxygens (including phenoxy) is 1. The SMILES string of the molecule is CC(C)(C)COC(=O)C(O)C1CC(=O)C(O)=C1O. The smallest absolute Gasteiger partial charge is 0.335 e. The van der Waals surface area contributed by atoms with Gasteiger partial charge in [0.25, 0.3) is 0 Å². The van der Waals surface area contributed by atoms with E-state index in [4.69, 9.17) is 9.84 Å². The third kappa shape index (κ3) is 3.22. The number of ketones is 1. The summed E-state index contributed by atoms with van der Waals surface area (Å²) in [6, 6.07) is 0. The fourth-order valence-electron chi connectivity index (χ4n) is 1.51. The van der Waals surface area contributed by atoms with E-state index in [0.29, 0.717) is 0 Å². The lowest BCUT2D eigenvalue weighted by Crippen LogP contribution is -2.33. The summed E-state index contributed by atoms with van der Waals surface area (Å²) >= 11 is 0. The number of hydrogen-bond donors (Lipinski definition) is 3. The van der Waals surface area contributed by atoms with Crippen LogP contribution in [0.25, 0.3) is 0 Å². The minimum Gasteiger partial charge on any atom is -0.508 e. The standard InChI is InChI=1S/C12H18O6/c1-12(2,3)5-18-11(17)9(15)6-4-7(13)10(16)8(6)14/h6,9,14-16H,4-5H2,1-3H3. The number of allylic oxidation sites excluding steroid dienone is 1. The molecule has 0 saturated heterocycles. The summed E-state index contributed by atoms with van der Waals surface area (Å²) in [7, 11) is 0. The number of aliphatic hydroxyl groups is 3. The van der Waals surface area contributed by atoms with Crippen LogP contribution in [0.1, 0.15) is 27.2 Å². The van der Waals surface area contributed by atoms with Crippen molar-refractivity contribution in [2.24, 2.45) is 11.3 Å². The van der Waals surface area contributed by atoms with Crippen molar-refractivity contribution in [3.63, 3.8) is 0 Å². The van der Waals surface area contributed by atoms with Gasteiger partial charge in [-0.3, -0.25) is 4.79 Å². The molecule has 0 bridgehead atoms. The maximum Gasteiger partial charge on any atom is 0.335 e. The highest BCUT2D eigenvalue weighted by molar-refractivity contribution is 5.97. The van der Waals surface area contributed by atoms with E-state index in [2.05, 4.69) is 0 Å². The quantitative estimate of drug-likeness (QED) is 0.648. The Balaban J connectivity index is 2.64. The van der Waals surface area contributed by atoms with E-state index in [1.807, 2.05) is 20.8 Å². The van der Waals surface area contributed by atoms with Crippen LogP contribution in [0.5, 0.6) is 0 Å². The first kappa shape index (κ1) is 14.5. The van der Waals surface area contributed by atoms with Gasteiger partial charge in [0.2, 0.25) is 5.78 Å². The Morgan fingerprint density at radius 1 is 1.44 bits per heavy atom. The van der Waals surface area contributed by atoms with Gasteiger partial charge in [-0.15, -0.1) is 0 Å². The van der Waals surface area contributed by atoms with Crippen LogP contribution in [-0.2, 0) is 14.3 Å². The Labute approximate surface area is 105 Å². The molecule has 6 heteroatoms. The maximum atomic E-state index is 11.5. The average molecular weight is 258 g/mol. The van der Waals surface area contributed by atoms with Crippen LogP contribution in [0.4, 0.5) is 0 Å². The number of carbonyl (C=O) groups excluding carboxylic acids is 2. The maximum absolute atomic E-state index is 11.5. The monoisotopic (exact) mass is 258 g/mol. The van der Waals surface area contributed by atoms with E-state index in [0.717, 1.165) is 0 Å². The second kappa shape index (κ2) is 4.97. The molecule has 0 fully saturated rings. The van der Waals surface area contributed by atoms with Gasteiger partial charge in [0.1, 0.15) is 5.76 Å². The number of hydrogen-bond acceptors (Lipinski definition) is 6. The van der Waals surface area contributed by atoms with Crippen molar-refractivity contribution in [1.82, 2.24) is 0 Å². The van der Waals surface area contributed by atoms with Crippen LogP contribution in [0.3, 0.4) is 0 Å². The van der Waals surface area contributed by atoms with E-state index in [-0.39, 0.29) is 18.4 Å². The highest BCUT2D eigenvalue weighted by Gasteiger charge is 2.41. The Morgan fingerprint density at radius 2 is 2.00 bits per heavy atom. The van der Waals surface area contributed by atoms with E-state index < -0.39 is 35.3 Å². The molecule has 0 amide bonds. The van der Waals surface area contributed by atoms with Crippen molar-refractivity contribution in [3.8, 4) is 0 Å². The second-order valence-electron chi connectivity index (χ2n) is 5.58. The Hall–Kier alpha value is -1.56. The lowest BCUT2D eigenvalue weighted by atomic mass is 9.98. The van der Waals surface area contributed by atoms with Crippen LogP contribution in [-0.4, -0.2) is 39.8 Å². The summed E-state index contributed by atoms with van der Waals surface area (Å²) in [6.45, 7) is 5.68. The number of aliphatic hydroxyl groups excluding tert-OH is 3. The molecule has 0 aromatic rings. The summed E-state index contributed by atoms with van der Waals surface area (Å²) in [5, 5.41) is 28.2. The molecule has 0 heterocycles. The minimum atomic E-state index is -1.65. The zero-order chi connectivity index (χ0) is 14.1. The van der Waals surface area contributed by atoms with Crippen LogP contribution >= 0.6 is 0 Å². The highest BCUT2D eigenvalue weighted by Crippen LogP contribution is 2.29. The minimum absolute atomic E-state index is 0.111. The molecular weight excluding hydrogens is 240 g/mol. The second-order valence-corrected chi connectivity index (χ2v) is 5.58. The topological polar surface area (TPSA) is 104 Å². The summed E-state index contributed by atoms with van der Waals surface area (Å²) in [5.41, 5.74) is -0.249. The molecule has 0 saturated carbocycles. The summed E-state index contributed by atoms with van der Waals surface area (Å²) in [5.74, 6) is -4.17. The van der Waals surface area contributed by atoms with Gasteiger partial charge in [-0.25, -0.2) is 4.79 Å². The zero-order valence-corrected chi connectivity index (χ0v) is 10.6. The molecule has 1 rings (SSSR count). The van der Waals surface area contributed by atoms with Gasteiger partial charge in [-0.05, 0) is 5.41 Å². The van der Waals surface area contributed by atoms with Crippen molar-refractivity contribution in [1.29, 1.82) is 0 Å². The van der Waals surface area contributed by atoms with Gasteiger partial charge in [-0.2, -0.15) is 0 Å². The fourth-order valence-corrected chi connectivity index (χ4v) is 1.51. The lowest BCUT2D eigenvalue weighted by molar-refractivity contribution is -0.159. The van der Waals surface area contributed by atoms with E-state index in [1.54, 1.807) is 0 Å². The number of carbonyl (C=O) groups is 2. The molecule has 18 heavy (non-hydrogen) atoms. The first-order chi connectivity index (χ1) is 8.13.